The molecule has 0 aromatic rings. The third-order valence-electron chi connectivity index (χ3n) is 12.2. The number of esters is 1. The molecule has 8 atom stereocenters. The number of allylic oxidation sites excluding steroid dienone is 6. The topological polar surface area (TPSA) is 175 Å². The van der Waals surface area contributed by atoms with Gasteiger partial charge in [0.25, 0.3) is 0 Å². The zero-order valence-corrected chi connectivity index (χ0v) is 41.3. The Labute approximate surface area is 396 Å². The molecule has 1 aliphatic heterocycles. The molecule has 0 bridgehead atoms. The van der Waals surface area contributed by atoms with Gasteiger partial charge in [-0.15, -0.1) is 0 Å². The maximum Gasteiger partial charge on any atom is 0.306 e. The highest BCUT2D eigenvalue weighted by molar-refractivity contribution is 5.81. The van der Waals surface area contributed by atoms with Crippen molar-refractivity contribution in [3.8, 4) is 0 Å². The summed E-state index contributed by atoms with van der Waals surface area (Å²) in [5, 5.41) is 56.4. The molecule has 0 saturated carbocycles. The van der Waals surface area contributed by atoms with Crippen molar-refractivity contribution in [1.29, 1.82) is 0 Å². The quantitative estimate of drug-likeness (QED) is 0.0196. The highest BCUT2D eigenvalue weighted by Crippen LogP contribution is 2.26. The van der Waals surface area contributed by atoms with Gasteiger partial charge in [-0.2, -0.15) is 0 Å². The van der Waals surface area contributed by atoms with Crippen LogP contribution >= 0.6 is 0 Å². The monoisotopic (exact) mass is 920 g/mol. The van der Waals surface area contributed by atoms with Gasteiger partial charge in [0.1, 0.15) is 24.4 Å². The lowest BCUT2D eigenvalue weighted by atomic mass is 9.99. The first kappa shape index (κ1) is 60.6. The normalized spacial score (nSPS) is 20.6. The summed E-state index contributed by atoms with van der Waals surface area (Å²) in [6.07, 6.45) is 39.0. The average molecular weight is 920 g/mol. The second-order valence-corrected chi connectivity index (χ2v) is 18.3. The van der Waals surface area contributed by atoms with Crippen LogP contribution in [0.25, 0.3) is 0 Å². The summed E-state index contributed by atoms with van der Waals surface area (Å²) in [4.78, 5) is 26.3. The van der Waals surface area contributed by atoms with Gasteiger partial charge in [0.2, 0.25) is 5.91 Å². The first-order chi connectivity index (χ1) is 31.7. The summed E-state index contributed by atoms with van der Waals surface area (Å²) >= 11 is 0. The van der Waals surface area contributed by atoms with Crippen molar-refractivity contribution in [1.82, 2.24) is 5.32 Å². The number of aliphatic hydroxyl groups excluding tert-OH is 5. The van der Waals surface area contributed by atoms with Crippen molar-refractivity contribution in [2.24, 2.45) is 0 Å². The van der Waals surface area contributed by atoms with Gasteiger partial charge >= 0.3 is 5.97 Å². The molecule has 0 aliphatic carbocycles. The molecule has 378 valence electrons. The van der Waals surface area contributed by atoms with Gasteiger partial charge in [-0.3, -0.25) is 9.59 Å². The molecule has 11 nitrogen and oxygen atoms in total. The predicted molar refractivity (Wildman–Crippen MR) is 264 cm³/mol. The number of amides is 1. The Morgan fingerprint density at radius 1 is 0.600 bits per heavy atom. The van der Waals surface area contributed by atoms with Gasteiger partial charge in [0.15, 0.2) is 12.4 Å². The molecule has 1 amide bonds. The van der Waals surface area contributed by atoms with Crippen LogP contribution in [0.4, 0.5) is 0 Å². The highest BCUT2D eigenvalue weighted by atomic mass is 16.7. The molecule has 0 aromatic carbocycles. The minimum absolute atomic E-state index is 0.0813. The van der Waals surface area contributed by atoms with Crippen LogP contribution in [0.3, 0.4) is 0 Å². The summed E-state index contributed by atoms with van der Waals surface area (Å²) in [5.74, 6) is -1.28. The molecule has 1 aliphatic rings. The Bertz CT molecular complexity index is 1240. The van der Waals surface area contributed by atoms with Crippen molar-refractivity contribution in [2.75, 3.05) is 13.2 Å². The molecular formula is C54H97NO10. The van der Waals surface area contributed by atoms with Gasteiger partial charge in [-0.1, -0.05) is 198 Å². The summed E-state index contributed by atoms with van der Waals surface area (Å²) in [7, 11) is 0. The average Bonchev–Trinajstić information content (AvgIpc) is 3.30. The predicted octanol–water partition coefficient (Wildman–Crippen LogP) is 10.9. The fourth-order valence-corrected chi connectivity index (χ4v) is 7.91. The largest absolute Gasteiger partial charge is 0.454 e. The molecule has 8 unspecified atom stereocenters. The summed E-state index contributed by atoms with van der Waals surface area (Å²) < 4.78 is 17.5. The van der Waals surface area contributed by atoms with Crippen LogP contribution in [0.15, 0.2) is 48.6 Å². The van der Waals surface area contributed by atoms with E-state index in [4.69, 9.17) is 14.2 Å². The molecule has 0 aromatic heterocycles. The first-order valence-corrected chi connectivity index (χ1v) is 26.4. The Kier molecular flexibility index (Phi) is 40.1. The van der Waals surface area contributed by atoms with E-state index in [0.717, 1.165) is 64.2 Å². The second-order valence-electron chi connectivity index (χ2n) is 18.3. The van der Waals surface area contributed by atoms with E-state index in [1.54, 1.807) is 12.2 Å². The molecule has 0 spiro atoms. The lowest BCUT2D eigenvalue weighted by Crippen LogP contribution is -2.61. The number of carbonyl (C=O) groups excluding carboxylic acids is 2. The summed E-state index contributed by atoms with van der Waals surface area (Å²) in [6.45, 7) is 5.66. The van der Waals surface area contributed by atoms with E-state index < -0.39 is 67.4 Å². The number of hydrogen-bond acceptors (Lipinski definition) is 10. The molecule has 1 heterocycles. The Morgan fingerprint density at radius 2 is 1.08 bits per heavy atom. The lowest BCUT2D eigenvalue weighted by molar-refractivity contribution is -0.305. The van der Waals surface area contributed by atoms with Crippen LogP contribution in [-0.4, -0.2) is 99.6 Å². The molecule has 65 heavy (non-hydrogen) atoms. The van der Waals surface area contributed by atoms with Crippen molar-refractivity contribution < 1.29 is 49.3 Å². The SMILES string of the molecule is CCCC/C=C\CCCCCCCC(=O)OC1C(OCC(NC(=O)C(O)C/C=C/C/C=C\CCCCCCCC)C(O)/C=C/CCCCCCCCCCCCC)OC(CO)C(O)C1O. The van der Waals surface area contributed by atoms with Gasteiger partial charge < -0.3 is 45.1 Å². The zero-order valence-electron chi connectivity index (χ0n) is 41.3. The van der Waals surface area contributed by atoms with Crippen LogP contribution in [0.1, 0.15) is 220 Å². The number of rotatable bonds is 43. The number of nitrogens with one attached hydrogen (secondary N) is 1. The number of aliphatic hydroxyl groups is 5. The maximum atomic E-state index is 13.3. The van der Waals surface area contributed by atoms with E-state index in [2.05, 4.69) is 50.4 Å². The molecular weight excluding hydrogens is 823 g/mol. The van der Waals surface area contributed by atoms with Crippen molar-refractivity contribution >= 4 is 11.9 Å². The van der Waals surface area contributed by atoms with Crippen LogP contribution in [-0.2, 0) is 23.8 Å². The third-order valence-corrected chi connectivity index (χ3v) is 12.2. The Hall–Kier alpha value is -2.38. The highest BCUT2D eigenvalue weighted by Gasteiger charge is 2.47. The molecule has 1 saturated heterocycles. The van der Waals surface area contributed by atoms with Gasteiger partial charge in [0.05, 0.1) is 25.4 Å². The third kappa shape index (κ3) is 32.1. The van der Waals surface area contributed by atoms with Crippen LogP contribution < -0.4 is 5.32 Å². The zero-order chi connectivity index (χ0) is 47.6. The van der Waals surface area contributed by atoms with Crippen molar-refractivity contribution in [3.63, 3.8) is 0 Å². The van der Waals surface area contributed by atoms with Crippen molar-refractivity contribution in [3.05, 3.63) is 48.6 Å². The fourth-order valence-electron chi connectivity index (χ4n) is 7.91. The summed E-state index contributed by atoms with van der Waals surface area (Å²) in [6, 6.07) is -1.05. The molecule has 11 heteroatoms. The fraction of sp³-hybridized carbons (Fsp3) is 0.815. The van der Waals surface area contributed by atoms with Crippen LogP contribution in [0, 0.1) is 0 Å². The molecule has 6 N–H and O–H groups in total. The number of carbonyl (C=O) groups is 2. The molecule has 1 rings (SSSR count). The van der Waals surface area contributed by atoms with E-state index in [0.29, 0.717) is 12.8 Å². The standard InChI is InChI=1S/C54H97NO10/c1-4-7-10-13-16-19-22-24-27-28-31-34-37-40-46(57)45(55-53(62)47(58)41-38-35-32-29-26-23-20-17-14-11-8-5-2)44-63-54-52(51(61)50(60)48(43-56)64-54)65-49(59)42-39-36-33-30-25-21-18-15-12-9-6-3/h15,18,26,29,35,37-38,40,45-48,50-52,54,56-58,60-61H,4-14,16-17,19-25,27-28,30-34,36,39,41-44H2,1-3H3,(H,55,62)/b18-15-,29-26-,38-35+,40-37+. The number of hydrogen-bond donors (Lipinski definition) is 6. The molecule has 0 radical (unpaired) electrons. The van der Waals surface area contributed by atoms with E-state index in [9.17, 15) is 35.1 Å². The van der Waals surface area contributed by atoms with E-state index >= 15 is 0 Å². The minimum atomic E-state index is -1.62. The van der Waals surface area contributed by atoms with Gasteiger partial charge in [-0.25, -0.2) is 0 Å². The van der Waals surface area contributed by atoms with Crippen LogP contribution in [0.2, 0.25) is 0 Å². The Morgan fingerprint density at radius 3 is 1.63 bits per heavy atom. The second kappa shape index (κ2) is 42.9. The first-order valence-electron chi connectivity index (χ1n) is 26.4. The summed E-state index contributed by atoms with van der Waals surface area (Å²) in [5.41, 5.74) is 0. The van der Waals surface area contributed by atoms with Crippen LogP contribution in [0.5, 0.6) is 0 Å². The minimum Gasteiger partial charge on any atom is -0.454 e. The molecule has 1 fully saturated rings. The Balaban J connectivity index is 2.84. The smallest absolute Gasteiger partial charge is 0.306 e. The van der Waals surface area contributed by atoms with Gasteiger partial charge in [0, 0.05) is 12.8 Å². The maximum absolute atomic E-state index is 13.3. The van der Waals surface area contributed by atoms with E-state index in [1.807, 2.05) is 12.2 Å². The van der Waals surface area contributed by atoms with E-state index in [-0.39, 0.29) is 19.4 Å². The number of unbranched alkanes of at least 4 members (excludes halogenated alkanes) is 24. The van der Waals surface area contributed by atoms with E-state index in [1.165, 1.54) is 109 Å². The van der Waals surface area contributed by atoms with Gasteiger partial charge in [-0.05, 0) is 57.8 Å². The van der Waals surface area contributed by atoms with Crippen molar-refractivity contribution in [2.45, 2.75) is 269 Å². The lowest BCUT2D eigenvalue weighted by Gasteiger charge is -2.41. The number of ether oxygens (including phenoxy) is 3.